The maximum atomic E-state index is 5.29. The number of hydrogen-bond acceptors (Lipinski definition) is 6. The van der Waals surface area contributed by atoms with Crippen molar-refractivity contribution < 1.29 is 0 Å². The summed E-state index contributed by atoms with van der Waals surface area (Å²) in [5, 5.41) is 13.2. The van der Waals surface area contributed by atoms with Gasteiger partial charge >= 0.3 is 0 Å². The minimum atomic E-state index is 0.224. The Kier molecular flexibility index (Phi) is 1.40. The topological polar surface area (TPSA) is 106 Å². The summed E-state index contributed by atoms with van der Waals surface area (Å²) in [6, 6.07) is 0. The van der Waals surface area contributed by atoms with Gasteiger partial charge in [0.2, 0.25) is 11.8 Å². The summed E-state index contributed by atoms with van der Waals surface area (Å²) in [6.07, 6.45) is 3.07. The van der Waals surface area contributed by atoms with E-state index in [9.17, 15) is 0 Å². The third-order valence-electron chi connectivity index (χ3n) is 1.28. The van der Waals surface area contributed by atoms with Crippen LogP contribution in [0.3, 0.4) is 0 Å². The van der Waals surface area contributed by atoms with Crippen LogP contribution in [0.4, 0.5) is 5.95 Å². The predicted molar refractivity (Wildman–Crippen MR) is 39.6 cm³/mol. The summed E-state index contributed by atoms with van der Waals surface area (Å²) in [7, 11) is 0. The van der Waals surface area contributed by atoms with Crippen molar-refractivity contribution in [2.24, 2.45) is 0 Å². The fourth-order valence-electron chi connectivity index (χ4n) is 0.738. The molecule has 7 heteroatoms. The number of tetrazole rings is 1. The van der Waals surface area contributed by atoms with Gasteiger partial charge in [-0.1, -0.05) is 0 Å². The Balaban J connectivity index is 2.43. The molecule has 7 nitrogen and oxygen atoms in total. The lowest BCUT2D eigenvalue weighted by molar-refractivity contribution is 0.881. The molecule has 3 N–H and O–H groups in total. The Labute approximate surface area is 67.0 Å². The number of aromatic nitrogens is 6. The molecule has 60 valence electrons. The molecular formula is C5H5N7. The number of nitrogens with zero attached hydrogens (tertiary/aromatic N) is 5. The molecule has 0 unspecified atom stereocenters. The summed E-state index contributed by atoms with van der Waals surface area (Å²) in [6.45, 7) is 0. The molecular weight excluding hydrogens is 158 g/mol. The van der Waals surface area contributed by atoms with Crippen molar-refractivity contribution >= 4 is 5.95 Å². The lowest BCUT2D eigenvalue weighted by Crippen LogP contribution is -1.94. The zero-order valence-corrected chi connectivity index (χ0v) is 5.97. The van der Waals surface area contributed by atoms with Gasteiger partial charge in [0.25, 0.3) is 0 Å². The van der Waals surface area contributed by atoms with Crippen molar-refractivity contribution in [3.05, 3.63) is 12.4 Å². The number of aromatic amines is 1. The van der Waals surface area contributed by atoms with Crippen LogP contribution in [0.5, 0.6) is 0 Å². The molecule has 2 aromatic rings. The second-order valence-electron chi connectivity index (χ2n) is 2.07. The zero-order chi connectivity index (χ0) is 8.39. The monoisotopic (exact) mass is 163 g/mol. The van der Waals surface area contributed by atoms with Gasteiger partial charge in [0.05, 0.1) is 5.56 Å². The van der Waals surface area contributed by atoms with Crippen LogP contribution < -0.4 is 5.73 Å². The third kappa shape index (κ3) is 1.07. The summed E-state index contributed by atoms with van der Waals surface area (Å²) in [4.78, 5) is 7.56. The van der Waals surface area contributed by atoms with Crippen LogP contribution in [0.1, 0.15) is 0 Å². The highest BCUT2D eigenvalue weighted by atomic mass is 15.5. The van der Waals surface area contributed by atoms with Crippen molar-refractivity contribution in [2.45, 2.75) is 0 Å². The SMILES string of the molecule is Nc1ncc(-c2nn[nH]n2)cn1. The molecule has 0 spiro atoms. The van der Waals surface area contributed by atoms with Crippen LogP contribution in [0.25, 0.3) is 11.4 Å². The van der Waals surface area contributed by atoms with Gasteiger partial charge in [-0.2, -0.15) is 5.21 Å². The van der Waals surface area contributed by atoms with E-state index in [1.807, 2.05) is 0 Å². The van der Waals surface area contributed by atoms with Crippen LogP contribution in [0, 0.1) is 0 Å². The van der Waals surface area contributed by atoms with Gasteiger partial charge in [-0.15, -0.1) is 10.2 Å². The first kappa shape index (κ1) is 6.65. The van der Waals surface area contributed by atoms with Crippen molar-refractivity contribution in [3.8, 4) is 11.4 Å². The number of H-pyrrole nitrogens is 1. The van der Waals surface area contributed by atoms with Crippen LogP contribution in [-0.2, 0) is 0 Å². The normalized spacial score (nSPS) is 10.0. The third-order valence-corrected chi connectivity index (χ3v) is 1.28. The molecule has 0 atom stereocenters. The predicted octanol–water partition coefficient (Wildman–Crippen LogP) is -0.761. The van der Waals surface area contributed by atoms with Gasteiger partial charge in [0.1, 0.15) is 0 Å². The second kappa shape index (κ2) is 2.53. The molecule has 0 bridgehead atoms. The number of nitrogens with one attached hydrogen (secondary N) is 1. The Hall–Kier alpha value is -2.05. The van der Waals surface area contributed by atoms with E-state index in [2.05, 4.69) is 30.6 Å². The molecule has 2 rings (SSSR count). The molecule has 0 amide bonds. The fourth-order valence-corrected chi connectivity index (χ4v) is 0.738. The van der Waals surface area contributed by atoms with E-state index in [1.165, 1.54) is 12.4 Å². The Bertz CT molecular complexity index is 350. The molecule has 0 radical (unpaired) electrons. The Morgan fingerprint density at radius 3 is 2.58 bits per heavy atom. The summed E-state index contributed by atoms with van der Waals surface area (Å²) in [5.41, 5.74) is 5.97. The average Bonchev–Trinajstić information content (AvgIpc) is 2.58. The summed E-state index contributed by atoms with van der Waals surface area (Å²) < 4.78 is 0. The Morgan fingerprint density at radius 2 is 2.00 bits per heavy atom. The van der Waals surface area contributed by atoms with Crippen LogP contribution >= 0.6 is 0 Å². The first-order valence-corrected chi connectivity index (χ1v) is 3.17. The number of hydrogen-bond donors (Lipinski definition) is 2. The van der Waals surface area contributed by atoms with Gasteiger partial charge < -0.3 is 5.73 Å². The standard InChI is InChI=1S/C5H5N7/c6-5-7-1-3(2-8-5)4-9-11-12-10-4/h1-2H,(H2,6,7,8)(H,9,10,11,12). The lowest BCUT2D eigenvalue weighted by Gasteiger charge is -1.92. The fraction of sp³-hybridized carbons (Fsp3) is 0. The van der Waals surface area contributed by atoms with Crippen LogP contribution in [0.15, 0.2) is 12.4 Å². The van der Waals surface area contributed by atoms with E-state index in [1.54, 1.807) is 0 Å². The largest absolute Gasteiger partial charge is 0.368 e. The minimum absolute atomic E-state index is 0.224. The van der Waals surface area contributed by atoms with E-state index in [-0.39, 0.29) is 5.95 Å². The lowest BCUT2D eigenvalue weighted by atomic mass is 10.3. The number of nitrogens with two attached hydrogens (primary N) is 1. The van der Waals surface area contributed by atoms with Crippen LogP contribution in [-0.4, -0.2) is 30.6 Å². The highest BCUT2D eigenvalue weighted by molar-refractivity contribution is 5.50. The highest BCUT2D eigenvalue weighted by Crippen LogP contribution is 2.09. The molecule has 0 aliphatic rings. The highest BCUT2D eigenvalue weighted by Gasteiger charge is 2.02. The second-order valence-corrected chi connectivity index (χ2v) is 2.07. The van der Waals surface area contributed by atoms with Gasteiger partial charge in [-0.3, -0.25) is 0 Å². The van der Waals surface area contributed by atoms with Gasteiger partial charge in [-0.05, 0) is 5.21 Å². The van der Waals surface area contributed by atoms with Crippen molar-refractivity contribution in [1.82, 2.24) is 30.6 Å². The van der Waals surface area contributed by atoms with E-state index in [4.69, 9.17) is 5.73 Å². The quantitative estimate of drug-likeness (QED) is 0.572. The first-order chi connectivity index (χ1) is 5.86. The van der Waals surface area contributed by atoms with E-state index in [0.717, 1.165) is 0 Å². The molecule has 0 saturated carbocycles. The maximum absolute atomic E-state index is 5.29. The average molecular weight is 163 g/mol. The molecule has 0 aromatic carbocycles. The van der Waals surface area contributed by atoms with Crippen molar-refractivity contribution in [1.29, 1.82) is 0 Å². The minimum Gasteiger partial charge on any atom is -0.368 e. The molecule has 0 aliphatic heterocycles. The zero-order valence-electron chi connectivity index (χ0n) is 5.97. The molecule has 12 heavy (non-hydrogen) atoms. The molecule has 2 heterocycles. The van der Waals surface area contributed by atoms with Crippen LogP contribution in [0.2, 0.25) is 0 Å². The van der Waals surface area contributed by atoms with Crippen molar-refractivity contribution in [2.75, 3.05) is 5.73 Å². The summed E-state index contributed by atoms with van der Waals surface area (Å²) >= 11 is 0. The maximum Gasteiger partial charge on any atom is 0.219 e. The molecule has 0 aliphatic carbocycles. The van der Waals surface area contributed by atoms with E-state index < -0.39 is 0 Å². The Morgan fingerprint density at radius 1 is 1.25 bits per heavy atom. The first-order valence-electron chi connectivity index (χ1n) is 3.17. The smallest absolute Gasteiger partial charge is 0.219 e. The van der Waals surface area contributed by atoms with Gasteiger partial charge in [-0.25, -0.2) is 9.97 Å². The number of rotatable bonds is 1. The van der Waals surface area contributed by atoms with E-state index >= 15 is 0 Å². The molecule has 0 saturated heterocycles. The van der Waals surface area contributed by atoms with Gasteiger partial charge in [0.15, 0.2) is 0 Å². The van der Waals surface area contributed by atoms with Crippen molar-refractivity contribution in [3.63, 3.8) is 0 Å². The van der Waals surface area contributed by atoms with E-state index in [0.29, 0.717) is 11.4 Å². The molecule has 0 fully saturated rings. The number of nitrogen functional groups attached to an aromatic ring is 1. The van der Waals surface area contributed by atoms with Gasteiger partial charge in [0, 0.05) is 12.4 Å². The number of anilines is 1. The summed E-state index contributed by atoms with van der Waals surface area (Å²) in [5.74, 6) is 0.678. The molecule has 2 aromatic heterocycles.